The highest BCUT2D eigenvalue weighted by Gasteiger charge is 2.29. The minimum Gasteiger partial charge on any atom is -0.388 e. The van der Waals surface area contributed by atoms with E-state index in [1.54, 1.807) is 23.2 Å². The minimum atomic E-state index is -0.635. The smallest absolute Gasteiger partial charge is 0.257 e. The number of hydrogen-bond donors (Lipinski definition) is 1. The first-order valence-electron chi connectivity index (χ1n) is 8.61. The van der Waals surface area contributed by atoms with Gasteiger partial charge < -0.3 is 10.0 Å². The van der Waals surface area contributed by atoms with Crippen LogP contribution < -0.4 is 0 Å². The first-order valence-corrected chi connectivity index (χ1v) is 8.61. The van der Waals surface area contributed by atoms with Gasteiger partial charge in [0.15, 0.2) is 0 Å². The second kappa shape index (κ2) is 7.70. The number of aromatic nitrogens is 2. The van der Waals surface area contributed by atoms with E-state index in [0.29, 0.717) is 37.9 Å². The Balaban J connectivity index is 1.63. The van der Waals surface area contributed by atoms with Crippen molar-refractivity contribution in [1.29, 1.82) is 0 Å². The zero-order valence-corrected chi connectivity index (χ0v) is 14.2. The molecule has 2 aromatic rings. The van der Waals surface area contributed by atoms with Gasteiger partial charge in [0.2, 0.25) is 0 Å². The van der Waals surface area contributed by atoms with Crippen molar-refractivity contribution < 1.29 is 14.3 Å². The molecule has 132 valence electrons. The molecule has 0 spiro atoms. The van der Waals surface area contributed by atoms with Crippen molar-refractivity contribution in [1.82, 2.24) is 14.9 Å². The predicted molar refractivity (Wildman–Crippen MR) is 91.4 cm³/mol. The van der Waals surface area contributed by atoms with Crippen LogP contribution in [0.2, 0.25) is 0 Å². The molecule has 1 N–H and O–H groups in total. The third-order valence-electron chi connectivity index (χ3n) is 4.84. The van der Waals surface area contributed by atoms with Gasteiger partial charge in [-0.05, 0) is 42.9 Å². The Morgan fingerprint density at radius 3 is 2.64 bits per heavy atom. The standard InChI is InChI=1S/C19H22FN3O2/c1-2-17-16(11-21-12-22-17)19(25)23-9-7-14(8-10-23)18(24)13-3-5-15(20)6-4-13/h3-6,11-12,14,18,24H,2,7-10H2,1H3/t18-/m1/s1. The highest BCUT2D eigenvalue weighted by molar-refractivity contribution is 5.95. The second-order valence-electron chi connectivity index (χ2n) is 6.36. The van der Waals surface area contributed by atoms with Gasteiger partial charge in [-0.2, -0.15) is 0 Å². The van der Waals surface area contributed by atoms with Crippen molar-refractivity contribution in [3.63, 3.8) is 0 Å². The van der Waals surface area contributed by atoms with Gasteiger partial charge in [0.1, 0.15) is 12.1 Å². The number of carbonyl (C=O) groups is 1. The quantitative estimate of drug-likeness (QED) is 0.927. The Kier molecular flexibility index (Phi) is 5.38. The number of benzene rings is 1. The molecule has 25 heavy (non-hydrogen) atoms. The van der Waals surface area contributed by atoms with Crippen molar-refractivity contribution >= 4 is 5.91 Å². The summed E-state index contributed by atoms with van der Waals surface area (Å²) < 4.78 is 13.0. The molecular weight excluding hydrogens is 321 g/mol. The maximum atomic E-state index is 13.0. The zero-order chi connectivity index (χ0) is 17.8. The fraction of sp³-hybridized carbons (Fsp3) is 0.421. The van der Waals surface area contributed by atoms with Crippen molar-refractivity contribution in [2.75, 3.05) is 13.1 Å². The Labute approximate surface area is 146 Å². The number of rotatable bonds is 4. The summed E-state index contributed by atoms with van der Waals surface area (Å²) in [5.41, 5.74) is 2.03. The van der Waals surface area contributed by atoms with Crippen LogP contribution in [-0.4, -0.2) is 39.0 Å². The molecule has 1 fully saturated rings. The fourth-order valence-electron chi connectivity index (χ4n) is 3.34. The Morgan fingerprint density at radius 1 is 1.32 bits per heavy atom. The SMILES string of the molecule is CCc1ncncc1C(=O)N1CCC([C@H](O)c2ccc(F)cc2)CC1. The van der Waals surface area contributed by atoms with Crippen LogP contribution in [0.4, 0.5) is 4.39 Å². The van der Waals surface area contributed by atoms with E-state index < -0.39 is 6.10 Å². The molecule has 0 saturated carbocycles. The maximum Gasteiger partial charge on any atom is 0.257 e. The number of aliphatic hydroxyl groups excluding tert-OH is 1. The second-order valence-corrected chi connectivity index (χ2v) is 6.36. The summed E-state index contributed by atoms with van der Waals surface area (Å²) in [6.07, 6.45) is 4.50. The summed E-state index contributed by atoms with van der Waals surface area (Å²) in [5, 5.41) is 10.5. The molecule has 0 bridgehead atoms. The van der Waals surface area contributed by atoms with Gasteiger partial charge in [-0.15, -0.1) is 0 Å². The van der Waals surface area contributed by atoms with Gasteiger partial charge in [-0.25, -0.2) is 14.4 Å². The van der Waals surface area contributed by atoms with Gasteiger partial charge in [0.25, 0.3) is 5.91 Å². The molecule has 0 unspecified atom stereocenters. The topological polar surface area (TPSA) is 66.3 Å². The van der Waals surface area contributed by atoms with E-state index in [2.05, 4.69) is 9.97 Å². The van der Waals surface area contributed by atoms with E-state index in [4.69, 9.17) is 0 Å². The number of halogens is 1. The lowest BCUT2D eigenvalue weighted by atomic mass is 9.87. The summed E-state index contributed by atoms with van der Waals surface area (Å²) in [5.74, 6) is -0.299. The summed E-state index contributed by atoms with van der Waals surface area (Å²) in [6.45, 7) is 3.13. The number of amides is 1. The number of carbonyl (C=O) groups excluding carboxylic acids is 1. The Hall–Kier alpha value is -2.34. The largest absolute Gasteiger partial charge is 0.388 e. The monoisotopic (exact) mass is 343 g/mol. The molecule has 0 aliphatic carbocycles. The van der Waals surface area contributed by atoms with Crippen LogP contribution in [0.15, 0.2) is 36.8 Å². The lowest BCUT2D eigenvalue weighted by Gasteiger charge is -2.34. The first-order chi connectivity index (χ1) is 12.1. The zero-order valence-electron chi connectivity index (χ0n) is 14.2. The molecule has 2 heterocycles. The van der Waals surface area contributed by atoms with Crippen LogP contribution >= 0.6 is 0 Å². The highest BCUT2D eigenvalue weighted by atomic mass is 19.1. The van der Waals surface area contributed by atoms with Crippen LogP contribution in [0.3, 0.4) is 0 Å². The summed E-state index contributed by atoms with van der Waals surface area (Å²) in [6, 6.07) is 5.95. The molecule has 5 nitrogen and oxygen atoms in total. The van der Waals surface area contributed by atoms with Crippen molar-refractivity contribution in [2.24, 2.45) is 5.92 Å². The highest BCUT2D eigenvalue weighted by Crippen LogP contribution is 2.31. The number of aryl methyl sites for hydroxylation is 1. The average Bonchev–Trinajstić information content (AvgIpc) is 2.67. The first kappa shape index (κ1) is 17.5. The summed E-state index contributed by atoms with van der Waals surface area (Å²) in [7, 11) is 0. The molecule has 1 aliphatic heterocycles. The molecule has 1 saturated heterocycles. The van der Waals surface area contributed by atoms with Gasteiger partial charge >= 0.3 is 0 Å². The molecule has 1 atom stereocenters. The Morgan fingerprint density at radius 2 is 2.00 bits per heavy atom. The molecule has 1 amide bonds. The van der Waals surface area contributed by atoms with E-state index in [0.717, 1.165) is 11.3 Å². The number of aliphatic hydroxyl groups is 1. The lowest BCUT2D eigenvalue weighted by molar-refractivity contribution is 0.0460. The molecule has 1 aromatic heterocycles. The van der Waals surface area contributed by atoms with Crippen molar-refractivity contribution in [3.8, 4) is 0 Å². The number of hydrogen-bond acceptors (Lipinski definition) is 4. The molecule has 0 radical (unpaired) electrons. The Bertz CT molecular complexity index is 728. The van der Waals surface area contributed by atoms with E-state index in [1.165, 1.54) is 18.5 Å². The third-order valence-corrected chi connectivity index (χ3v) is 4.84. The molecule has 1 aliphatic rings. The van der Waals surface area contributed by atoms with E-state index in [-0.39, 0.29) is 17.6 Å². The summed E-state index contributed by atoms with van der Waals surface area (Å²) >= 11 is 0. The van der Waals surface area contributed by atoms with Gasteiger partial charge in [0.05, 0.1) is 17.4 Å². The number of piperidine rings is 1. The van der Waals surface area contributed by atoms with E-state index in [1.807, 2.05) is 6.92 Å². The van der Waals surface area contributed by atoms with Crippen LogP contribution in [0.25, 0.3) is 0 Å². The van der Waals surface area contributed by atoms with Crippen molar-refractivity contribution in [3.05, 3.63) is 59.4 Å². The molecule has 6 heteroatoms. The van der Waals surface area contributed by atoms with Crippen LogP contribution in [0.5, 0.6) is 0 Å². The van der Waals surface area contributed by atoms with Crippen LogP contribution in [0.1, 0.15) is 47.5 Å². The molecular formula is C19H22FN3O2. The number of nitrogens with zero attached hydrogens (tertiary/aromatic N) is 3. The van der Waals surface area contributed by atoms with Gasteiger partial charge in [-0.3, -0.25) is 4.79 Å². The third kappa shape index (κ3) is 3.85. The lowest BCUT2D eigenvalue weighted by Crippen LogP contribution is -2.40. The maximum absolute atomic E-state index is 13.0. The fourth-order valence-corrected chi connectivity index (χ4v) is 3.34. The normalized spacial score (nSPS) is 16.7. The molecule has 3 rings (SSSR count). The number of likely N-dealkylation sites (tertiary alicyclic amines) is 1. The summed E-state index contributed by atoms with van der Waals surface area (Å²) in [4.78, 5) is 22.6. The molecule has 1 aromatic carbocycles. The van der Waals surface area contributed by atoms with Gasteiger partial charge in [0, 0.05) is 19.3 Å². The minimum absolute atomic E-state index is 0.0489. The van der Waals surface area contributed by atoms with Crippen LogP contribution in [0, 0.1) is 11.7 Å². The van der Waals surface area contributed by atoms with Gasteiger partial charge in [-0.1, -0.05) is 19.1 Å². The average molecular weight is 343 g/mol. The van der Waals surface area contributed by atoms with E-state index in [9.17, 15) is 14.3 Å². The van der Waals surface area contributed by atoms with E-state index >= 15 is 0 Å². The van der Waals surface area contributed by atoms with Crippen LogP contribution in [-0.2, 0) is 6.42 Å². The van der Waals surface area contributed by atoms with Crippen molar-refractivity contribution in [2.45, 2.75) is 32.3 Å². The predicted octanol–water partition coefficient (Wildman–Crippen LogP) is 2.76.